The summed E-state index contributed by atoms with van der Waals surface area (Å²) in [5.74, 6) is 1.71. The van der Waals surface area contributed by atoms with Crippen LogP contribution in [0.3, 0.4) is 0 Å². The van der Waals surface area contributed by atoms with Crippen molar-refractivity contribution in [2.75, 3.05) is 20.7 Å². The first-order valence-electron chi connectivity index (χ1n) is 6.44. The summed E-state index contributed by atoms with van der Waals surface area (Å²) in [4.78, 5) is 12.9. The Labute approximate surface area is 106 Å². The molecule has 3 heteroatoms. The van der Waals surface area contributed by atoms with Gasteiger partial charge in [0.1, 0.15) is 0 Å². The first-order chi connectivity index (χ1) is 7.93. The number of unbranched alkanes of at least 4 members (excludes halogenated alkanes) is 1. The molecule has 0 spiro atoms. The number of nitrogens with zero attached hydrogens (tertiary/aromatic N) is 1. The highest BCUT2D eigenvalue weighted by atomic mass is 16.5. The zero-order valence-corrected chi connectivity index (χ0v) is 11.8. The molecule has 0 saturated carbocycles. The molecule has 0 aliphatic rings. The molecular weight excluding hydrogens is 214 g/mol. The molecule has 0 radical (unpaired) electrons. The average Bonchev–Trinajstić information content (AvgIpc) is 2.23. The number of ether oxygens (including phenoxy) is 1. The van der Waals surface area contributed by atoms with Crippen molar-refractivity contribution in [1.29, 1.82) is 0 Å². The predicted octanol–water partition coefficient (Wildman–Crippen LogP) is 3.21. The van der Waals surface area contributed by atoms with Crippen LogP contribution in [0.15, 0.2) is 12.3 Å². The molecule has 0 atom stereocenters. The lowest BCUT2D eigenvalue weighted by Gasteiger charge is -2.11. The molecular formula is C14H27NO2. The fourth-order valence-corrected chi connectivity index (χ4v) is 1.33. The Balaban J connectivity index is 3.42. The first-order valence-corrected chi connectivity index (χ1v) is 6.44. The van der Waals surface area contributed by atoms with Crippen molar-refractivity contribution in [3.05, 3.63) is 12.3 Å². The van der Waals surface area contributed by atoms with Crippen molar-refractivity contribution in [2.24, 2.45) is 5.92 Å². The quantitative estimate of drug-likeness (QED) is 0.458. The third-order valence-corrected chi connectivity index (χ3v) is 2.60. The van der Waals surface area contributed by atoms with Crippen LogP contribution in [0.1, 0.15) is 46.0 Å². The molecule has 0 rings (SSSR count). The summed E-state index contributed by atoms with van der Waals surface area (Å²) in [5, 5.41) is 0. The molecule has 0 fully saturated rings. The molecule has 3 nitrogen and oxygen atoms in total. The Bertz CT molecular complexity index is 234. The van der Waals surface area contributed by atoms with Crippen molar-refractivity contribution < 1.29 is 9.53 Å². The molecule has 0 saturated heterocycles. The fraction of sp³-hybridized carbons (Fsp3) is 0.786. The Morgan fingerprint density at radius 3 is 2.35 bits per heavy atom. The summed E-state index contributed by atoms with van der Waals surface area (Å²) in [6, 6.07) is 0. The van der Waals surface area contributed by atoms with Crippen LogP contribution < -0.4 is 0 Å². The van der Waals surface area contributed by atoms with Crippen molar-refractivity contribution >= 4 is 5.91 Å². The lowest BCUT2D eigenvalue weighted by molar-refractivity contribution is -0.128. The maximum Gasteiger partial charge on any atom is 0.222 e. The molecule has 0 bridgehead atoms. The van der Waals surface area contributed by atoms with Crippen LogP contribution in [0.5, 0.6) is 0 Å². The summed E-state index contributed by atoms with van der Waals surface area (Å²) in [6.45, 7) is 9.00. The summed E-state index contributed by atoms with van der Waals surface area (Å²) >= 11 is 0. The topological polar surface area (TPSA) is 29.5 Å². The van der Waals surface area contributed by atoms with Crippen LogP contribution in [0.4, 0.5) is 0 Å². The molecule has 0 heterocycles. The second-order valence-electron chi connectivity index (χ2n) is 5.06. The Hall–Kier alpha value is -0.990. The maximum absolute atomic E-state index is 11.3. The van der Waals surface area contributed by atoms with Crippen LogP contribution in [-0.4, -0.2) is 31.5 Å². The van der Waals surface area contributed by atoms with E-state index in [-0.39, 0.29) is 5.91 Å². The maximum atomic E-state index is 11.3. The fourth-order valence-electron chi connectivity index (χ4n) is 1.33. The van der Waals surface area contributed by atoms with Gasteiger partial charge in [-0.3, -0.25) is 4.79 Å². The van der Waals surface area contributed by atoms with Gasteiger partial charge in [0.15, 0.2) is 0 Å². The third-order valence-electron chi connectivity index (χ3n) is 2.60. The molecule has 17 heavy (non-hydrogen) atoms. The summed E-state index contributed by atoms with van der Waals surface area (Å²) in [6.07, 6.45) is 4.42. The lowest BCUT2D eigenvalue weighted by Crippen LogP contribution is -2.21. The number of hydrogen-bond acceptors (Lipinski definition) is 2. The summed E-state index contributed by atoms with van der Waals surface area (Å²) < 4.78 is 5.52. The summed E-state index contributed by atoms with van der Waals surface area (Å²) in [5.41, 5.74) is 0. The van der Waals surface area contributed by atoms with E-state index < -0.39 is 0 Å². The monoisotopic (exact) mass is 241 g/mol. The van der Waals surface area contributed by atoms with E-state index in [1.165, 1.54) is 0 Å². The van der Waals surface area contributed by atoms with Gasteiger partial charge in [-0.25, -0.2) is 0 Å². The molecule has 0 unspecified atom stereocenters. The number of carbonyl (C=O) groups is 1. The minimum atomic E-state index is 0.191. The third kappa shape index (κ3) is 9.91. The zero-order chi connectivity index (χ0) is 13.3. The van der Waals surface area contributed by atoms with Gasteiger partial charge in [-0.1, -0.05) is 20.4 Å². The largest absolute Gasteiger partial charge is 0.499 e. The van der Waals surface area contributed by atoms with E-state index in [0.29, 0.717) is 12.3 Å². The highest BCUT2D eigenvalue weighted by Crippen LogP contribution is 2.10. The van der Waals surface area contributed by atoms with Gasteiger partial charge in [0.2, 0.25) is 5.91 Å². The lowest BCUT2D eigenvalue weighted by atomic mass is 10.1. The minimum Gasteiger partial charge on any atom is -0.499 e. The number of allylic oxidation sites excluding steroid dienone is 1. The summed E-state index contributed by atoms with van der Waals surface area (Å²) in [7, 11) is 3.58. The minimum absolute atomic E-state index is 0.191. The van der Waals surface area contributed by atoms with E-state index in [4.69, 9.17) is 4.74 Å². The predicted molar refractivity (Wildman–Crippen MR) is 71.7 cm³/mol. The SMILES string of the molecule is C=C(CCCCC(=O)N(C)C)OCCC(C)C. The van der Waals surface area contributed by atoms with Gasteiger partial charge >= 0.3 is 0 Å². The molecule has 0 aromatic carbocycles. The normalized spacial score (nSPS) is 10.4. The van der Waals surface area contributed by atoms with Crippen LogP contribution in [-0.2, 0) is 9.53 Å². The Morgan fingerprint density at radius 1 is 1.24 bits per heavy atom. The molecule has 0 aliphatic heterocycles. The molecule has 1 amide bonds. The van der Waals surface area contributed by atoms with E-state index >= 15 is 0 Å². The number of amides is 1. The molecule has 0 aromatic heterocycles. The van der Waals surface area contributed by atoms with Crippen molar-refractivity contribution in [3.63, 3.8) is 0 Å². The smallest absolute Gasteiger partial charge is 0.222 e. The second kappa shape index (κ2) is 9.08. The molecule has 0 aromatic rings. The average molecular weight is 241 g/mol. The van der Waals surface area contributed by atoms with E-state index in [1.807, 2.05) is 0 Å². The van der Waals surface area contributed by atoms with Gasteiger partial charge in [0, 0.05) is 26.9 Å². The van der Waals surface area contributed by atoms with E-state index in [9.17, 15) is 4.79 Å². The van der Waals surface area contributed by atoms with Crippen molar-refractivity contribution in [3.8, 4) is 0 Å². The van der Waals surface area contributed by atoms with Crippen LogP contribution in [0, 0.1) is 5.92 Å². The molecule has 100 valence electrons. The van der Waals surface area contributed by atoms with Gasteiger partial charge in [0.25, 0.3) is 0 Å². The van der Waals surface area contributed by atoms with E-state index in [1.54, 1.807) is 19.0 Å². The first kappa shape index (κ1) is 16.0. The van der Waals surface area contributed by atoms with E-state index in [0.717, 1.165) is 38.0 Å². The van der Waals surface area contributed by atoms with Gasteiger partial charge in [-0.15, -0.1) is 0 Å². The highest BCUT2D eigenvalue weighted by Gasteiger charge is 2.03. The van der Waals surface area contributed by atoms with E-state index in [2.05, 4.69) is 20.4 Å². The number of rotatable bonds is 9. The standard InChI is InChI=1S/C14H27NO2/c1-12(2)10-11-17-13(3)8-6-7-9-14(16)15(4)5/h12H,3,6-11H2,1-2,4-5H3. The number of hydrogen-bond donors (Lipinski definition) is 0. The van der Waals surface area contributed by atoms with Gasteiger partial charge in [-0.2, -0.15) is 0 Å². The molecule has 0 N–H and O–H groups in total. The Morgan fingerprint density at radius 2 is 1.82 bits per heavy atom. The highest BCUT2D eigenvalue weighted by molar-refractivity contribution is 5.75. The van der Waals surface area contributed by atoms with Crippen molar-refractivity contribution in [2.45, 2.75) is 46.0 Å². The zero-order valence-electron chi connectivity index (χ0n) is 11.8. The van der Waals surface area contributed by atoms with Gasteiger partial charge in [0.05, 0.1) is 12.4 Å². The van der Waals surface area contributed by atoms with Gasteiger partial charge in [-0.05, 0) is 25.2 Å². The van der Waals surface area contributed by atoms with Crippen LogP contribution >= 0.6 is 0 Å². The molecule has 0 aliphatic carbocycles. The van der Waals surface area contributed by atoms with Crippen LogP contribution in [0.2, 0.25) is 0 Å². The van der Waals surface area contributed by atoms with Gasteiger partial charge < -0.3 is 9.64 Å². The van der Waals surface area contributed by atoms with Crippen LogP contribution in [0.25, 0.3) is 0 Å². The second-order valence-corrected chi connectivity index (χ2v) is 5.06. The van der Waals surface area contributed by atoms with Crippen molar-refractivity contribution in [1.82, 2.24) is 4.90 Å². The Kier molecular flexibility index (Phi) is 8.55. The number of carbonyl (C=O) groups excluding carboxylic acids is 1.